The highest BCUT2D eigenvalue weighted by Gasteiger charge is 2.11. The molecule has 0 heterocycles. The van der Waals surface area contributed by atoms with Crippen molar-refractivity contribution in [2.24, 2.45) is 5.73 Å². The molecule has 3 N–H and O–H groups in total. The van der Waals surface area contributed by atoms with Gasteiger partial charge in [-0.1, -0.05) is 18.8 Å². The van der Waals surface area contributed by atoms with Gasteiger partial charge in [-0.3, -0.25) is 0 Å². The first kappa shape index (κ1) is 13.7. The summed E-state index contributed by atoms with van der Waals surface area (Å²) in [5.74, 6) is 5.55. The summed E-state index contributed by atoms with van der Waals surface area (Å²) in [6.45, 7) is 2.64. The summed E-state index contributed by atoms with van der Waals surface area (Å²) in [7, 11) is -3.38. The second kappa shape index (κ2) is 6.40. The molecule has 1 rings (SSSR count). The Morgan fingerprint density at radius 1 is 1.29 bits per heavy atom. The van der Waals surface area contributed by atoms with Gasteiger partial charge in [-0.2, -0.15) is 0 Å². The van der Waals surface area contributed by atoms with Crippen molar-refractivity contribution in [2.45, 2.75) is 18.2 Å². The van der Waals surface area contributed by atoms with Crippen molar-refractivity contribution < 1.29 is 8.42 Å². The number of rotatable bonds is 4. The molecule has 1 aromatic carbocycles. The topological polar surface area (TPSA) is 72.2 Å². The molecule has 0 unspecified atom stereocenters. The fourth-order valence-electron chi connectivity index (χ4n) is 1.19. The van der Waals surface area contributed by atoms with Crippen LogP contribution in [-0.4, -0.2) is 21.5 Å². The molecule has 0 fully saturated rings. The van der Waals surface area contributed by atoms with Gasteiger partial charge in [0.15, 0.2) is 0 Å². The van der Waals surface area contributed by atoms with Crippen LogP contribution in [0.15, 0.2) is 29.2 Å². The largest absolute Gasteiger partial charge is 0.320 e. The molecule has 4 nitrogen and oxygen atoms in total. The molecular weight excluding hydrogens is 236 g/mol. The molecule has 0 amide bonds. The standard InChI is InChI=1S/C12H16N2O2S/c1-2-10-14-17(15,16)12-7-5-11(6-8-12)4-3-9-13/h5-8,14H,2,9-10,13H2,1H3. The summed E-state index contributed by atoms with van der Waals surface area (Å²) in [5, 5.41) is 0. The number of benzene rings is 1. The molecule has 0 spiro atoms. The quantitative estimate of drug-likeness (QED) is 0.774. The normalized spacial score (nSPS) is 10.7. The highest BCUT2D eigenvalue weighted by atomic mass is 32.2. The smallest absolute Gasteiger partial charge is 0.240 e. The maximum Gasteiger partial charge on any atom is 0.240 e. The molecule has 0 atom stereocenters. The lowest BCUT2D eigenvalue weighted by Gasteiger charge is -2.05. The summed E-state index contributed by atoms with van der Waals surface area (Å²) in [5.41, 5.74) is 6.01. The second-order valence-electron chi connectivity index (χ2n) is 3.43. The first-order chi connectivity index (χ1) is 8.10. The van der Waals surface area contributed by atoms with Gasteiger partial charge in [0.05, 0.1) is 11.4 Å². The zero-order valence-electron chi connectivity index (χ0n) is 9.73. The first-order valence-corrected chi connectivity index (χ1v) is 6.87. The fraction of sp³-hybridized carbons (Fsp3) is 0.333. The van der Waals surface area contributed by atoms with Crippen LogP contribution in [0.5, 0.6) is 0 Å². The number of hydrogen-bond acceptors (Lipinski definition) is 3. The van der Waals surface area contributed by atoms with Crippen molar-refractivity contribution in [3.05, 3.63) is 29.8 Å². The van der Waals surface area contributed by atoms with E-state index < -0.39 is 10.0 Å². The maximum atomic E-state index is 11.7. The van der Waals surface area contributed by atoms with Crippen molar-refractivity contribution in [2.75, 3.05) is 13.1 Å². The highest BCUT2D eigenvalue weighted by Crippen LogP contribution is 2.09. The SMILES string of the molecule is CCCNS(=O)(=O)c1ccc(C#CCN)cc1. The molecule has 0 saturated carbocycles. The molecule has 0 radical (unpaired) electrons. The Morgan fingerprint density at radius 3 is 2.47 bits per heavy atom. The van der Waals surface area contributed by atoms with Gasteiger partial charge in [-0.05, 0) is 30.7 Å². The van der Waals surface area contributed by atoms with Crippen LogP contribution in [-0.2, 0) is 10.0 Å². The highest BCUT2D eigenvalue weighted by molar-refractivity contribution is 7.89. The van der Waals surface area contributed by atoms with E-state index in [2.05, 4.69) is 16.6 Å². The summed E-state index contributed by atoms with van der Waals surface area (Å²) in [6.07, 6.45) is 0.763. The molecular formula is C12H16N2O2S. The van der Waals surface area contributed by atoms with Crippen LogP contribution in [0.2, 0.25) is 0 Å². The molecule has 92 valence electrons. The van der Waals surface area contributed by atoms with Crippen LogP contribution in [0.25, 0.3) is 0 Å². The van der Waals surface area contributed by atoms with Gasteiger partial charge < -0.3 is 5.73 Å². The van der Waals surface area contributed by atoms with E-state index in [4.69, 9.17) is 5.73 Å². The van der Waals surface area contributed by atoms with Crippen LogP contribution >= 0.6 is 0 Å². The van der Waals surface area contributed by atoms with Crippen molar-refractivity contribution in [1.29, 1.82) is 0 Å². The molecule has 0 aliphatic rings. The van der Waals surface area contributed by atoms with Gasteiger partial charge in [0.1, 0.15) is 0 Å². The number of nitrogens with one attached hydrogen (secondary N) is 1. The van der Waals surface area contributed by atoms with Crippen molar-refractivity contribution in [3.63, 3.8) is 0 Å². The predicted molar refractivity (Wildman–Crippen MR) is 67.9 cm³/mol. The molecule has 0 aliphatic carbocycles. The first-order valence-electron chi connectivity index (χ1n) is 5.39. The van der Waals surface area contributed by atoms with Crippen molar-refractivity contribution in [3.8, 4) is 11.8 Å². The lowest BCUT2D eigenvalue weighted by molar-refractivity contribution is 0.581. The van der Waals surface area contributed by atoms with E-state index in [1.165, 1.54) is 0 Å². The number of nitrogens with two attached hydrogens (primary N) is 1. The minimum atomic E-state index is -3.38. The van der Waals surface area contributed by atoms with Crippen LogP contribution < -0.4 is 10.5 Å². The average molecular weight is 252 g/mol. The zero-order valence-corrected chi connectivity index (χ0v) is 10.5. The van der Waals surface area contributed by atoms with Crippen LogP contribution in [0.3, 0.4) is 0 Å². The van der Waals surface area contributed by atoms with Crippen molar-refractivity contribution in [1.82, 2.24) is 4.72 Å². The van der Waals surface area contributed by atoms with E-state index in [1.54, 1.807) is 24.3 Å². The molecule has 0 aromatic heterocycles. The third-order valence-electron chi connectivity index (χ3n) is 2.04. The number of hydrogen-bond donors (Lipinski definition) is 2. The van der Waals surface area contributed by atoms with Gasteiger partial charge in [0, 0.05) is 12.1 Å². The van der Waals surface area contributed by atoms with Crippen molar-refractivity contribution >= 4 is 10.0 Å². The van der Waals surface area contributed by atoms with E-state index in [-0.39, 0.29) is 11.4 Å². The van der Waals surface area contributed by atoms with Crippen LogP contribution in [0, 0.1) is 11.8 Å². The van der Waals surface area contributed by atoms with Gasteiger partial charge in [0.2, 0.25) is 10.0 Å². The Morgan fingerprint density at radius 2 is 1.94 bits per heavy atom. The van der Waals surface area contributed by atoms with Gasteiger partial charge >= 0.3 is 0 Å². The number of sulfonamides is 1. The monoisotopic (exact) mass is 252 g/mol. The average Bonchev–Trinajstić information content (AvgIpc) is 2.34. The fourth-order valence-corrected chi connectivity index (χ4v) is 2.32. The van der Waals surface area contributed by atoms with E-state index in [1.807, 2.05) is 6.92 Å². The molecule has 17 heavy (non-hydrogen) atoms. The lowest BCUT2D eigenvalue weighted by atomic mass is 10.2. The van der Waals surface area contributed by atoms with Gasteiger partial charge in [-0.15, -0.1) is 0 Å². The molecule has 5 heteroatoms. The Bertz CT molecular complexity index is 510. The third-order valence-corrected chi connectivity index (χ3v) is 3.52. The minimum absolute atomic E-state index is 0.254. The predicted octanol–water partition coefficient (Wildman–Crippen LogP) is 0.685. The van der Waals surface area contributed by atoms with E-state index in [0.29, 0.717) is 6.54 Å². The molecule has 0 aliphatic heterocycles. The van der Waals surface area contributed by atoms with E-state index >= 15 is 0 Å². The third kappa shape index (κ3) is 4.19. The minimum Gasteiger partial charge on any atom is -0.320 e. The Labute approximate surface area is 102 Å². The summed E-state index contributed by atoms with van der Waals surface area (Å²) >= 11 is 0. The Kier molecular flexibility index (Phi) is 5.16. The van der Waals surface area contributed by atoms with E-state index in [9.17, 15) is 8.42 Å². The summed E-state index contributed by atoms with van der Waals surface area (Å²) in [6, 6.07) is 6.42. The summed E-state index contributed by atoms with van der Waals surface area (Å²) in [4.78, 5) is 0.254. The lowest BCUT2D eigenvalue weighted by Crippen LogP contribution is -2.24. The molecule has 0 saturated heterocycles. The van der Waals surface area contributed by atoms with Crippen LogP contribution in [0.4, 0.5) is 0 Å². The van der Waals surface area contributed by atoms with Crippen LogP contribution in [0.1, 0.15) is 18.9 Å². The molecule has 0 bridgehead atoms. The zero-order chi connectivity index (χ0) is 12.7. The second-order valence-corrected chi connectivity index (χ2v) is 5.20. The van der Waals surface area contributed by atoms with E-state index in [0.717, 1.165) is 12.0 Å². The molecule has 1 aromatic rings. The summed E-state index contributed by atoms with van der Waals surface area (Å²) < 4.78 is 26.0. The van der Waals surface area contributed by atoms with Gasteiger partial charge in [0.25, 0.3) is 0 Å². The Hall–Kier alpha value is -1.35. The Balaban J connectivity index is 2.87. The van der Waals surface area contributed by atoms with Gasteiger partial charge in [-0.25, -0.2) is 13.1 Å². The maximum absolute atomic E-state index is 11.7.